The average molecular weight is 266 g/mol. The Kier molecular flexibility index (Phi) is 4.83. The number of hydrogen-bond donors (Lipinski definition) is 2. The molecule has 0 saturated heterocycles. The van der Waals surface area contributed by atoms with Gasteiger partial charge in [0.25, 0.3) is 0 Å². The van der Waals surface area contributed by atoms with Gasteiger partial charge in [0, 0.05) is 11.1 Å². The van der Waals surface area contributed by atoms with E-state index < -0.39 is 7.32 Å². The molecule has 0 saturated carbocycles. The maximum absolute atomic E-state index is 8.68. The third kappa shape index (κ3) is 4.16. The summed E-state index contributed by atoms with van der Waals surface area (Å²) in [6.07, 6.45) is 1.02. The highest BCUT2D eigenvalue weighted by Gasteiger charge is 2.10. The van der Waals surface area contributed by atoms with Gasteiger partial charge < -0.3 is 14.7 Å². The first kappa shape index (κ1) is 14.2. The topological polar surface area (TPSA) is 49.7 Å². The lowest BCUT2D eigenvalue weighted by Crippen LogP contribution is -2.20. The summed E-state index contributed by atoms with van der Waals surface area (Å²) in [7, 11) is -1.80. The van der Waals surface area contributed by atoms with E-state index in [1.807, 2.05) is 12.1 Å². The maximum Gasteiger partial charge on any atom is 0.707 e. The molecule has 0 aliphatic carbocycles. The fraction of sp³-hybridized carbons (Fsp3) is 0.125. The van der Waals surface area contributed by atoms with E-state index in [1.54, 1.807) is 24.3 Å². The number of hydrogen-bond acceptors (Lipinski definition) is 3. The largest absolute Gasteiger partial charge is 0.707 e. The van der Waals surface area contributed by atoms with Gasteiger partial charge in [-0.15, -0.1) is 0 Å². The van der Waals surface area contributed by atoms with Crippen LogP contribution in [0.3, 0.4) is 0 Å². The van der Waals surface area contributed by atoms with Gasteiger partial charge >= 0.3 is 7.32 Å². The van der Waals surface area contributed by atoms with Crippen molar-refractivity contribution in [3.8, 4) is 17.6 Å². The zero-order valence-corrected chi connectivity index (χ0v) is 11.2. The van der Waals surface area contributed by atoms with Crippen LogP contribution in [0.4, 0.5) is 0 Å². The Hall–Kier alpha value is -2.22. The second kappa shape index (κ2) is 6.81. The van der Waals surface area contributed by atoms with E-state index in [0.717, 1.165) is 17.5 Å². The predicted molar refractivity (Wildman–Crippen MR) is 79.1 cm³/mol. The van der Waals surface area contributed by atoms with Crippen molar-refractivity contribution in [2.24, 2.45) is 0 Å². The smallest absolute Gasteiger partial charge is 0.512 e. The molecule has 0 unspecified atom stereocenters. The summed E-state index contributed by atoms with van der Waals surface area (Å²) in [6, 6.07) is 15.0. The lowest BCUT2D eigenvalue weighted by molar-refractivity contribution is 0.288. The Balaban J connectivity index is 2.07. The molecule has 4 heteroatoms. The quantitative estimate of drug-likeness (QED) is 0.660. The fourth-order valence-electron chi connectivity index (χ4n) is 1.71. The summed E-state index contributed by atoms with van der Waals surface area (Å²) >= 11 is 0. The van der Waals surface area contributed by atoms with Crippen molar-refractivity contribution in [1.82, 2.24) is 0 Å². The van der Waals surface area contributed by atoms with Gasteiger partial charge in [-0.05, 0) is 48.4 Å². The van der Waals surface area contributed by atoms with E-state index >= 15 is 0 Å². The molecular formula is C16H15BO3. The molecule has 0 aromatic heterocycles. The van der Waals surface area contributed by atoms with E-state index in [4.69, 9.17) is 14.7 Å². The van der Waals surface area contributed by atoms with Crippen LogP contribution >= 0.6 is 0 Å². The molecule has 0 spiro atoms. The molecule has 0 radical (unpaired) electrons. The second-order valence-corrected chi connectivity index (χ2v) is 4.27. The molecule has 2 aromatic rings. The summed E-state index contributed by atoms with van der Waals surface area (Å²) < 4.78 is 4.72. The van der Waals surface area contributed by atoms with E-state index in [9.17, 15) is 0 Å². The lowest BCUT2D eigenvalue weighted by atomic mass is 10.1. The molecule has 2 rings (SSSR count). The normalized spacial score (nSPS) is 9.55. The molecule has 0 atom stereocenters. The van der Waals surface area contributed by atoms with Gasteiger partial charge in [-0.25, -0.2) is 0 Å². The first-order valence-corrected chi connectivity index (χ1v) is 6.41. The third-order valence-electron chi connectivity index (χ3n) is 2.81. The average Bonchev–Trinajstić information content (AvgIpc) is 2.46. The second-order valence-electron chi connectivity index (χ2n) is 4.27. The highest BCUT2D eigenvalue weighted by Crippen LogP contribution is 2.12. The van der Waals surface area contributed by atoms with Gasteiger partial charge in [0.2, 0.25) is 0 Å². The highest BCUT2D eigenvalue weighted by atomic mass is 16.6. The minimum absolute atomic E-state index is 0.387. The van der Waals surface area contributed by atoms with Gasteiger partial charge in [-0.3, -0.25) is 0 Å². The van der Waals surface area contributed by atoms with E-state index in [-0.39, 0.29) is 0 Å². The monoisotopic (exact) mass is 266 g/mol. The first-order chi connectivity index (χ1) is 9.67. The zero-order valence-electron chi connectivity index (χ0n) is 11.2. The first-order valence-electron chi connectivity index (χ1n) is 6.41. The van der Waals surface area contributed by atoms with Crippen LogP contribution in [0.5, 0.6) is 5.75 Å². The van der Waals surface area contributed by atoms with Gasteiger partial charge in [0.15, 0.2) is 0 Å². The Morgan fingerprint density at radius 2 is 1.40 bits per heavy atom. The Bertz CT molecular complexity index is 607. The highest BCUT2D eigenvalue weighted by molar-refractivity contribution is 6.33. The van der Waals surface area contributed by atoms with Crippen molar-refractivity contribution in [1.29, 1.82) is 0 Å². The standard InChI is InChI=1S/C16H15BO3/c1-2-13-3-5-14(6-4-13)7-8-15-9-11-16(12-10-15)20-17(18)19/h3-6,9-12,18-19H,2H2,1H3. The van der Waals surface area contributed by atoms with Crippen LogP contribution in [0.1, 0.15) is 23.6 Å². The van der Waals surface area contributed by atoms with Crippen LogP contribution in [0, 0.1) is 11.8 Å². The van der Waals surface area contributed by atoms with Crippen molar-refractivity contribution < 1.29 is 14.7 Å². The molecule has 100 valence electrons. The van der Waals surface area contributed by atoms with Crippen LogP contribution < -0.4 is 4.65 Å². The Labute approximate surface area is 119 Å². The summed E-state index contributed by atoms with van der Waals surface area (Å²) in [6.45, 7) is 2.12. The Morgan fingerprint density at radius 3 is 1.85 bits per heavy atom. The molecule has 2 aromatic carbocycles. The van der Waals surface area contributed by atoms with Crippen molar-refractivity contribution in [2.45, 2.75) is 13.3 Å². The SMILES string of the molecule is CCc1ccc(C#Cc2ccc(OB(O)O)cc2)cc1. The van der Waals surface area contributed by atoms with Crippen molar-refractivity contribution in [3.63, 3.8) is 0 Å². The lowest BCUT2D eigenvalue weighted by Gasteiger charge is -2.03. The van der Waals surface area contributed by atoms with E-state index in [1.165, 1.54) is 5.56 Å². The van der Waals surface area contributed by atoms with E-state index in [2.05, 4.69) is 30.9 Å². The van der Waals surface area contributed by atoms with Crippen LogP contribution in [0.2, 0.25) is 0 Å². The third-order valence-corrected chi connectivity index (χ3v) is 2.81. The number of rotatable bonds is 3. The van der Waals surface area contributed by atoms with Gasteiger partial charge in [-0.2, -0.15) is 0 Å². The summed E-state index contributed by atoms with van der Waals surface area (Å²) in [5.41, 5.74) is 3.09. The molecule has 0 fully saturated rings. The molecule has 0 aliphatic heterocycles. The van der Waals surface area contributed by atoms with Crippen molar-refractivity contribution in [2.75, 3.05) is 0 Å². The summed E-state index contributed by atoms with van der Waals surface area (Å²) in [4.78, 5) is 0. The molecule has 0 bridgehead atoms. The predicted octanol–water partition coefficient (Wildman–Crippen LogP) is 2.00. The Morgan fingerprint density at radius 1 is 0.900 bits per heavy atom. The minimum Gasteiger partial charge on any atom is -0.512 e. The molecule has 20 heavy (non-hydrogen) atoms. The van der Waals surface area contributed by atoms with Crippen LogP contribution in [0.25, 0.3) is 0 Å². The van der Waals surface area contributed by atoms with Gasteiger partial charge in [0.05, 0.1) is 0 Å². The molecule has 2 N–H and O–H groups in total. The molecule has 0 aliphatic rings. The number of benzene rings is 2. The maximum atomic E-state index is 8.68. The fourth-order valence-corrected chi connectivity index (χ4v) is 1.71. The van der Waals surface area contributed by atoms with Crippen molar-refractivity contribution in [3.05, 3.63) is 65.2 Å². The number of aryl methyl sites for hydroxylation is 1. The summed E-state index contributed by atoms with van der Waals surface area (Å²) in [5.74, 6) is 6.52. The van der Waals surface area contributed by atoms with E-state index in [0.29, 0.717) is 5.75 Å². The van der Waals surface area contributed by atoms with Crippen molar-refractivity contribution >= 4 is 7.32 Å². The van der Waals surface area contributed by atoms with Gasteiger partial charge in [0.1, 0.15) is 5.75 Å². The molecular weight excluding hydrogens is 251 g/mol. The minimum atomic E-state index is -1.80. The van der Waals surface area contributed by atoms with Crippen LogP contribution in [-0.4, -0.2) is 17.4 Å². The molecule has 0 heterocycles. The van der Waals surface area contributed by atoms with Crippen LogP contribution in [-0.2, 0) is 6.42 Å². The van der Waals surface area contributed by atoms with Crippen LogP contribution in [0.15, 0.2) is 48.5 Å². The molecule has 0 amide bonds. The zero-order chi connectivity index (χ0) is 14.4. The molecule has 3 nitrogen and oxygen atoms in total. The van der Waals surface area contributed by atoms with Gasteiger partial charge in [-0.1, -0.05) is 30.9 Å². The summed E-state index contributed by atoms with van der Waals surface area (Å²) in [5, 5.41) is 17.4.